The van der Waals surface area contributed by atoms with Crippen LogP contribution >= 0.6 is 0 Å². The number of hydrogen-bond donors (Lipinski definition) is 3. The minimum Gasteiger partial charge on any atom is -0.496 e. The summed E-state index contributed by atoms with van der Waals surface area (Å²) >= 11 is 0. The normalized spacial score (nSPS) is 13.0. The van der Waals surface area contributed by atoms with Crippen molar-refractivity contribution in [2.24, 2.45) is 0 Å². The Hall–Kier alpha value is -4.94. The number of carbonyl (C=O) groups excluding carboxylic acids is 2. The lowest BCUT2D eigenvalue weighted by Gasteiger charge is -2.18. The van der Waals surface area contributed by atoms with Crippen molar-refractivity contribution in [3.8, 4) is 28.0 Å². The van der Waals surface area contributed by atoms with Crippen LogP contribution in [-0.4, -0.2) is 53.1 Å². The molecule has 2 atom stereocenters. The smallest absolute Gasteiger partial charge is 0.419 e. The van der Waals surface area contributed by atoms with Crippen LogP contribution in [0, 0.1) is 5.82 Å². The first-order chi connectivity index (χ1) is 23.2. The van der Waals surface area contributed by atoms with Gasteiger partial charge in [-0.25, -0.2) is 4.39 Å². The first kappa shape index (κ1) is 36.9. The molecule has 8 nitrogen and oxygen atoms in total. The molecule has 0 saturated carbocycles. The maximum atomic E-state index is 14.2. The zero-order chi connectivity index (χ0) is 35.9. The van der Waals surface area contributed by atoms with Crippen molar-refractivity contribution in [3.05, 3.63) is 107 Å². The molecule has 3 N–H and O–H groups in total. The molecule has 1 amide bonds. The summed E-state index contributed by atoms with van der Waals surface area (Å²) in [6.45, 7) is 3.44. The molecule has 1 heterocycles. The Balaban J connectivity index is 1.87. The van der Waals surface area contributed by atoms with E-state index in [1.54, 1.807) is 53.1 Å². The van der Waals surface area contributed by atoms with Gasteiger partial charge < -0.3 is 29.6 Å². The van der Waals surface area contributed by atoms with Crippen molar-refractivity contribution in [2.75, 3.05) is 14.2 Å². The average molecular weight is 683 g/mol. The van der Waals surface area contributed by atoms with Crippen LogP contribution in [0.4, 0.5) is 17.6 Å². The summed E-state index contributed by atoms with van der Waals surface area (Å²) in [4.78, 5) is 25.8. The van der Waals surface area contributed by atoms with E-state index in [2.05, 4.69) is 10.1 Å². The van der Waals surface area contributed by atoms with E-state index in [0.29, 0.717) is 27.9 Å². The van der Waals surface area contributed by atoms with Gasteiger partial charge in [0.15, 0.2) is 0 Å². The summed E-state index contributed by atoms with van der Waals surface area (Å²) in [7, 11) is 2.34. The van der Waals surface area contributed by atoms with Crippen molar-refractivity contribution in [2.45, 2.75) is 57.7 Å². The fourth-order valence-corrected chi connectivity index (χ4v) is 5.60. The Kier molecular flexibility index (Phi) is 12.0. The lowest BCUT2D eigenvalue weighted by atomic mass is 9.94. The molecular weight excluding hydrogens is 644 g/mol. The zero-order valence-corrected chi connectivity index (χ0v) is 27.4. The summed E-state index contributed by atoms with van der Waals surface area (Å²) in [5.74, 6) is -2.04. The van der Waals surface area contributed by atoms with Crippen LogP contribution in [0.5, 0.6) is 5.75 Å². The molecule has 260 valence electrons. The number of aromatic nitrogens is 1. The largest absolute Gasteiger partial charge is 0.496 e. The molecule has 1 aromatic heterocycles. The predicted molar refractivity (Wildman–Crippen MR) is 177 cm³/mol. The molecule has 49 heavy (non-hydrogen) atoms. The van der Waals surface area contributed by atoms with Crippen LogP contribution in [0.25, 0.3) is 28.3 Å². The molecule has 0 spiro atoms. The highest BCUT2D eigenvalue weighted by Crippen LogP contribution is 2.43. The van der Waals surface area contributed by atoms with Gasteiger partial charge in [-0.3, -0.25) is 9.59 Å². The number of esters is 1. The van der Waals surface area contributed by atoms with Gasteiger partial charge in [0.2, 0.25) is 0 Å². The van der Waals surface area contributed by atoms with E-state index in [1.807, 2.05) is 13.8 Å². The molecule has 4 aromatic rings. The van der Waals surface area contributed by atoms with Crippen LogP contribution in [0.1, 0.15) is 60.0 Å². The van der Waals surface area contributed by atoms with Crippen LogP contribution in [0.15, 0.2) is 78.9 Å². The second-order valence-electron chi connectivity index (χ2n) is 11.6. The summed E-state index contributed by atoms with van der Waals surface area (Å²) in [5.41, 5.74) is 2.08. The second kappa shape index (κ2) is 16.0. The van der Waals surface area contributed by atoms with E-state index >= 15 is 0 Å². The summed E-state index contributed by atoms with van der Waals surface area (Å²) in [5, 5.41) is 23.8. The molecule has 0 aliphatic heterocycles. The fraction of sp³-hybridized carbons (Fsp3) is 0.297. The Labute approximate surface area is 281 Å². The molecule has 0 radical (unpaired) electrons. The molecule has 0 unspecified atom stereocenters. The van der Waals surface area contributed by atoms with E-state index in [1.165, 1.54) is 37.5 Å². The van der Waals surface area contributed by atoms with Gasteiger partial charge in [0.25, 0.3) is 5.91 Å². The predicted octanol–water partition coefficient (Wildman–Crippen LogP) is 7.19. The number of aliphatic hydroxyl groups is 2. The van der Waals surface area contributed by atoms with Crippen molar-refractivity contribution < 1.29 is 46.8 Å². The van der Waals surface area contributed by atoms with Gasteiger partial charge in [-0.1, -0.05) is 54.6 Å². The molecule has 0 saturated heterocycles. The third-order valence-corrected chi connectivity index (χ3v) is 7.81. The number of carbonyl (C=O) groups is 2. The van der Waals surface area contributed by atoms with Crippen LogP contribution in [-0.2, 0) is 22.3 Å². The van der Waals surface area contributed by atoms with Gasteiger partial charge in [-0.05, 0) is 60.9 Å². The van der Waals surface area contributed by atoms with Gasteiger partial charge in [0.1, 0.15) is 17.3 Å². The second-order valence-corrected chi connectivity index (χ2v) is 11.6. The monoisotopic (exact) mass is 682 g/mol. The highest BCUT2D eigenvalue weighted by atomic mass is 19.4. The molecule has 3 aromatic carbocycles. The summed E-state index contributed by atoms with van der Waals surface area (Å²) < 4.78 is 66.5. The third kappa shape index (κ3) is 8.95. The number of nitrogens with zero attached hydrogens (tertiary/aromatic N) is 1. The Morgan fingerprint density at radius 2 is 1.59 bits per heavy atom. The molecule has 0 aliphatic rings. The van der Waals surface area contributed by atoms with Crippen LogP contribution < -0.4 is 10.1 Å². The number of methoxy groups -OCH3 is 2. The standard InChI is InChI=1S/C37H38F4N2O6/c1-22(2)43-30(16-15-27(44)19-28(45)20-32(46)49-4)33(25-11-13-26(38)14-12-25)34(24-8-6-5-7-9-24)35(43)36(47)42-21-23-10-17-31(48-3)29(18-23)37(39,40)41/h5-18,22,27-28,44-45H,19-21H2,1-4H3,(H,42,47)/t27-,28-/m1/s1. The maximum Gasteiger partial charge on any atom is 0.419 e. The van der Waals surface area contributed by atoms with Crippen molar-refractivity contribution in [1.82, 2.24) is 9.88 Å². The summed E-state index contributed by atoms with van der Waals surface area (Å²) in [6.07, 6.45) is -4.54. The van der Waals surface area contributed by atoms with Crippen LogP contribution in [0.3, 0.4) is 0 Å². The van der Waals surface area contributed by atoms with E-state index in [4.69, 9.17) is 4.74 Å². The molecule has 4 rings (SSSR count). The molecule has 0 fully saturated rings. The molecule has 0 aliphatic carbocycles. The average Bonchev–Trinajstić information content (AvgIpc) is 3.41. The number of alkyl halides is 3. The van der Waals surface area contributed by atoms with E-state index < -0.39 is 41.6 Å². The number of ether oxygens (including phenoxy) is 2. The van der Waals surface area contributed by atoms with E-state index in [9.17, 15) is 37.4 Å². The number of halogens is 4. The number of aliphatic hydroxyl groups excluding tert-OH is 2. The quantitative estimate of drug-likeness (QED) is 0.102. The number of hydrogen-bond acceptors (Lipinski definition) is 6. The minimum atomic E-state index is -4.68. The minimum absolute atomic E-state index is 0.180. The first-order valence-corrected chi connectivity index (χ1v) is 15.5. The van der Waals surface area contributed by atoms with E-state index in [-0.39, 0.29) is 42.4 Å². The number of nitrogens with one attached hydrogen (secondary N) is 1. The topological polar surface area (TPSA) is 110 Å². The highest BCUT2D eigenvalue weighted by Gasteiger charge is 2.35. The van der Waals surface area contributed by atoms with Crippen molar-refractivity contribution in [3.63, 3.8) is 0 Å². The first-order valence-electron chi connectivity index (χ1n) is 15.5. The van der Waals surface area contributed by atoms with E-state index in [0.717, 1.165) is 13.2 Å². The number of amides is 1. The Morgan fingerprint density at radius 3 is 2.18 bits per heavy atom. The van der Waals surface area contributed by atoms with Crippen molar-refractivity contribution >= 4 is 18.0 Å². The highest BCUT2D eigenvalue weighted by molar-refractivity contribution is 6.06. The van der Waals surface area contributed by atoms with Gasteiger partial charge in [-0.15, -0.1) is 0 Å². The lowest BCUT2D eigenvalue weighted by Crippen LogP contribution is -2.27. The third-order valence-electron chi connectivity index (χ3n) is 7.81. The molecular formula is C37H38F4N2O6. The maximum absolute atomic E-state index is 14.2. The van der Waals surface area contributed by atoms with Gasteiger partial charge >= 0.3 is 12.1 Å². The molecule has 0 bridgehead atoms. The van der Waals surface area contributed by atoms with Gasteiger partial charge in [0.05, 0.1) is 38.4 Å². The number of rotatable bonds is 13. The van der Waals surface area contributed by atoms with Gasteiger partial charge in [-0.2, -0.15) is 13.2 Å². The fourth-order valence-electron chi connectivity index (χ4n) is 5.60. The van der Waals surface area contributed by atoms with Crippen LogP contribution in [0.2, 0.25) is 0 Å². The van der Waals surface area contributed by atoms with Crippen molar-refractivity contribution in [1.29, 1.82) is 0 Å². The molecule has 12 heteroatoms. The number of benzene rings is 3. The van der Waals surface area contributed by atoms with Gasteiger partial charge in [0, 0.05) is 35.8 Å². The zero-order valence-electron chi connectivity index (χ0n) is 27.4. The Morgan fingerprint density at radius 1 is 0.939 bits per heavy atom. The lowest BCUT2D eigenvalue weighted by molar-refractivity contribution is -0.143. The Bertz CT molecular complexity index is 1780. The summed E-state index contributed by atoms with van der Waals surface area (Å²) in [6, 6.07) is 17.9. The SMILES string of the molecule is COC(=O)C[C@H](O)C[C@H](O)C=Cc1c(-c2ccc(F)cc2)c(-c2ccccc2)c(C(=O)NCc2ccc(OC)c(C(F)(F)F)c2)n1C(C)C.